The summed E-state index contributed by atoms with van der Waals surface area (Å²) in [4.78, 5) is 4.09. The molecule has 4 nitrogen and oxygen atoms in total. The molecule has 0 radical (unpaired) electrons. The van der Waals surface area contributed by atoms with Gasteiger partial charge in [0.15, 0.2) is 6.33 Å². The van der Waals surface area contributed by atoms with E-state index < -0.39 is 0 Å². The second-order valence-electron chi connectivity index (χ2n) is 6.34. The standard InChI is InChI=1S/C17H21N3O/c1-2-4-13-10-15-6-5-14(9-12(13)3-1)17(15)18-8-7-16-19-11-20-21-16/h1-4,11,14-15,17-18H,5-10H2. The third kappa shape index (κ3) is 2.60. The molecule has 2 aliphatic rings. The number of hydrogen-bond acceptors (Lipinski definition) is 4. The predicted molar refractivity (Wildman–Crippen MR) is 79.9 cm³/mol. The summed E-state index contributed by atoms with van der Waals surface area (Å²) >= 11 is 0. The molecule has 110 valence electrons. The molecule has 4 heteroatoms. The zero-order valence-electron chi connectivity index (χ0n) is 12.2. The molecular weight excluding hydrogens is 262 g/mol. The molecule has 0 amide bonds. The van der Waals surface area contributed by atoms with Gasteiger partial charge in [-0.1, -0.05) is 29.4 Å². The summed E-state index contributed by atoms with van der Waals surface area (Å²) in [5.41, 5.74) is 3.13. The highest BCUT2D eigenvalue weighted by Gasteiger charge is 2.38. The fourth-order valence-electron chi connectivity index (χ4n) is 4.14. The van der Waals surface area contributed by atoms with Crippen molar-refractivity contribution < 1.29 is 4.52 Å². The lowest BCUT2D eigenvalue weighted by Crippen LogP contribution is -2.39. The van der Waals surface area contributed by atoms with E-state index in [0.717, 1.165) is 30.7 Å². The van der Waals surface area contributed by atoms with Crippen molar-refractivity contribution in [2.24, 2.45) is 11.8 Å². The number of aromatic nitrogens is 2. The van der Waals surface area contributed by atoms with E-state index in [4.69, 9.17) is 4.52 Å². The second kappa shape index (κ2) is 5.60. The van der Waals surface area contributed by atoms with Gasteiger partial charge in [-0.25, -0.2) is 0 Å². The molecule has 21 heavy (non-hydrogen) atoms. The molecule has 4 rings (SSSR count). The van der Waals surface area contributed by atoms with E-state index in [1.165, 1.54) is 32.0 Å². The van der Waals surface area contributed by atoms with Crippen LogP contribution in [-0.4, -0.2) is 22.7 Å². The summed E-state index contributed by atoms with van der Waals surface area (Å²) in [5, 5.41) is 7.43. The van der Waals surface area contributed by atoms with Gasteiger partial charge in [0, 0.05) is 19.0 Å². The quantitative estimate of drug-likeness (QED) is 0.936. The van der Waals surface area contributed by atoms with E-state index >= 15 is 0 Å². The van der Waals surface area contributed by atoms with Crippen LogP contribution in [0.3, 0.4) is 0 Å². The molecule has 1 aromatic carbocycles. The highest BCUT2D eigenvalue weighted by atomic mass is 16.5. The predicted octanol–water partition coefficient (Wildman–Crippen LogP) is 2.40. The van der Waals surface area contributed by atoms with Crippen molar-refractivity contribution >= 4 is 0 Å². The molecule has 0 saturated heterocycles. The molecule has 0 spiro atoms. The van der Waals surface area contributed by atoms with Gasteiger partial charge in [0.25, 0.3) is 0 Å². The van der Waals surface area contributed by atoms with Gasteiger partial charge >= 0.3 is 0 Å². The molecule has 1 aromatic heterocycles. The summed E-state index contributed by atoms with van der Waals surface area (Å²) in [6.07, 6.45) is 7.47. The fraction of sp³-hybridized carbons (Fsp3) is 0.529. The van der Waals surface area contributed by atoms with Gasteiger partial charge in [-0.05, 0) is 48.6 Å². The van der Waals surface area contributed by atoms with Crippen molar-refractivity contribution in [3.63, 3.8) is 0 Å². The van der Waals surface area contributed by atoms with Crippen molar-refractivity contribution in [3.8, 4) is 0 Å². The minimum absolute atomic E-state index is 0.639. The van der Waals surface area contributed by atoms with Crippen LogP contribution in [0.15, 0.2) is 35.1 Å². The van der Waals surface area contributed by atoms with Crippen molar-refractivity contribution in [2.75, 3.05) is 6.54 Å². The van der Waals surface area contributed by atoms with Crippen molar-refractivity contribution in [3.05, 3.63) is 47.6 Å². The second-order valence-corrected chi connectivity index (χ2v) is 6.34. The van der Waals surface area contributed by atoms with Crippen molar-refractivity contribution in [1.82, 2.24) is 15.5 Å². The Labute approximate surface area is 124 Å². The van der Waals surface area contributed by atoms with Crippen LogP contribution in [0.4, 0.5) is 0 Å². The Bertz CT molecular complexity index is 563. The molecule has 1 N–H and O–H groups in total. The van der Waals surface area contributed by atoms with E-state index in [-0.39, 0.29) is 0 Å². The molecule has 1 fully saturated rings. The largest absolute Gasteiger partial charge is 0.340 e. The third-order valence-electron chi connectivity index (χ3n) is 5.13. The van der Waals surface area contributed by atoms with Crippen LogP contribution in [0.25, 0.3) is 0 Å². The van der Waals surface area contributed by atoms with E-state index in [1.54, 1.807) is 11.1 Å². The highest BCUT2D eigenvalue weighted by molar-refractivity contribution is 5.30. The summed E-state index contributed by atoms with van der Waals surface area (Å²) in [5.74, 6) is 2.29. The van der Waals surface area contributed by atoms with Gasteiger partial charge in [-0.3, -0.25) is 0 Å². The van der Waals surface area contributed by atoms with Crippen LogP contribution in [0.1, 0.15) is 29.9 Å². The Morgan fingerprint density at radius 2 is 1.81 bits per heavy atom. The van der Waals surface area contributed by atoms with Gasteiger partial charge in [-0.15, -0.1) is 0 Å². The van der Waals surface area contributed by atoms with E-state index in [9.17, 15) is 0 Å². The monoisotopic (exact) mass is 283 g/mol. The van der Waals surface area contributed by atoms with Crippen molar-refractivity contribution in [1.29, 1.82) is 0 Å². The number of benzene rings is 1. The molecule has 0 aliphatic heterocycles. The zero-order chi connectivity index (χ0) is 14.1. The number of hydrogen-bond donors (Lipinski definition) is 1. The van der Waals surface area contributed by atoms with Crippen LogP contribution in [0, 0.1) is 11.8 Å². The minimum atomic E-state index is 0.639. The lowest BCUT2D eigenvalue weighted by molar-refractivity contribution is 0.329. The lowest BCUT2D eigenvalue weighted by atomic mass is 9.94. The summed E-state index contributed by atoms with van der Waals surface area (Å²) in [6, 6.07) is 9.61. The maximum atomic E-state index is 5.07. The number of nitrogens with one attached hydrogen (secondary N) is 1. The maximum absolute atomic E-state index is 5.07. The first-order chi connectivity index (χ1) is 10.4. The third-order valence-corrected chi connectivity index (χ3v) is 5.13. The molecule has 1 saturated carbocycles. The minimum Gasteiger partial charge on any atom is -0.340 e. The van der Waals surface area contributed by atoms with Crippen LogP contribution < -0.4 is 5.32 Å². The Hall–Kier alpha value is -1.68. The van der Waals surface area contributed by atoms with Gasteiger partial charge in [0.05, 0.1) is 0 Å². The highest BCUT2D eigenvalue weighted by Crippen LogP contribution is 2.39. The number of nitrogens with zero attached hydrogens (tertiary/aromatic N) is 2. The molecule has 1 heterocycles. The Morgan fingerprint density at radius 3 is 2.43 bits per heavy atom. The zero-order valence-corrected chi connectivity index (χ0v) is 12.2. The first kappa shape index (κ1) is 13.0. The van der Waals surface area contributed by atoms with Crippen molar-refractivity contribution in [2.45, 2.75) is 38.1 Å². The first-order valence-corrected chi connectivity index (χ1v) is 7.96. The normalized spacial score (nSPS) is 27.3. The van der Waals surface area contributed by atoms with E-state index in [2.05, 4.69) is 39.7 Å². The maximum Gasteiger partial charge on any atom is 0.227 e. The summed E-state index contributed by atoms with van der Waals surface area (Å²) in [7, 11) is 0. The molecular formula is C17H21N3O. The average Bonchev–Trinajstić information content (AvgIpc) is 3.08. The summed E-state index contributed by atoms with van der Waals surface area (Å²) < 4.78 is 5.07. The van der Waals surface area contributed by atoms with Crippen LogP contribution >= 0.6 is 0 Å². The van der Waals surface area contributed by atoms with Crippen LogP contribution in [-0.2, 0) is 19.3 Å². The van der Waals surface area contributed by atoms with Crippen LogP contribution in [0.5, 0.6) is 0 Å². The molecule has 2 aromatic rings. The van der Waals surface area contributed by atoms with Gasteiger partial charge in [0.1, 0.15) is 0 Å². The molecule has 2 atom stereocenters. The smallest absolute Gasteiger partial charge is 0.227 e. The molecule has 2 aliphatic carbocycles. The first-order valence-electron chi connectivity index (χ1n) is 7.96. The van der Waals surface area contributed by atoms with Gasteiger partial charge < -0.3 is 9.84 Å². The van der Waals surface area contributed by atoms with Gasteiger partial charge in [-0.2, -0.15) is 4.98 Å². The van der Waals surface area contributed by atoms with E-state index in [0.29, 0.717) is 6.04 Å². The topological polar surface area (TPSA) is 51.0 Å². The SMILES string of the molecule is c1ccc2c(c1)CC1CCC(C2)C1NCCc1ncno1. The fourth-order valence-corrected chi connectivity index (χ4v) is 4.14. The number of fused-ring (bicyclic) bond motifs is 3. The molecule has 2 bridgehead atoms. The van der Waals surface area contributed by atoms with Crippen LogP contribution in [0.2, 0.25) is 0 Å². The lowest BCUT2D eigenvalue weighted by Gasteiger charge is -2.23. The summed E-state index contributed by atoms with van der Waals surface area (Å²) in [6.45, 7) is 0.927. The Kier molecular flexibility index (Phi) is 3.47. The van der Waals surface area contributed by atoms with Gasteiger partial charge in [0.2, 0.25) is 5.89 Å². The Morgan fingerprint density at radius 1 is 1.10 bits per heavy atom. The Balaban J connectivity index is 1.43. The average molecular weight is 283 g/mol. The van der Waals surface area contributed by atoms with E-state index in [1.807, 2.05) is 0 Å². The molecule has 2 unspecified atom stereocenters. The number of rotatable bonds is 4.